The van der Waals surface area contributed by atoms with Crippen LogP contribution in [0.25, 0.3) is 0 Å². The molecule has 0 radical (unpaired) electrons. The van der Waals surface area contributed by atoms with Crippen molar-refractivity contribution >= 4 is 5.91 Å². The fraction of sp³-hybridized carbons (Fsp3) is 0.750. The lowest BCUT2D eigenvalue weighted by atomic mass is 9.91. The van der Waals surface area contributed by atoms with Crippen molar-refractivity contribution in [3.63, 3.8) is 0 Å². The Morgan fingerprint density at radius 1 is 1.38 bits per heavy atom. The summed E-state index contributed by atoms with van der Waals surface area (Å²) in [5.41, 5.74) is 0.474. The van der Waals surface area contributed by atoms with E-state index in [1.54, 1.807) is 10.7 Å². The number of amides is 1. The summed E-state index contributed by atoms with van der Waals surface area (Å²) in [4.78, 5) is 12.4. The summed E-state index contributed by atoms with van der Waals surface area (Å²) in [6.07, 6.45) is 6.54. The number of nitrogens with zero attached hydrogens (tertiary/aromatic N) is 2. The highest BCUT2D eigenvalue weighted by Crippen LogP contribution is 2.45. The topological polar surface area (TPSA) is 67.2 Å². The zero-order chi connectivity index (χ0) is 15.0. The van der Waals surface area contributed by atoms with Crippen LogP contribution < -0.4 is 5.32 Å². The molecule has 1 aromatic rings. The molecule has 0 spiro atoms. The third kappa shape index (κ3) is 3.28. The van der Waals surface area contributed by atoms with Crippen molar-refractivity contribution in [2.45, 2.75) is 51.6 Å². The molecular weight excluding hydrogens is 266 g/mol. The molecule has 0 aromatic carbocycles. The molecule has 2 saturated carbocycles. The maximum absolute atomic E-state index is 12.4. The third-order valence-corrected chi connectivity index (χ3v) is 4.70. The normalized spacial score (nSPS) is 21.3. The van der Waals surface area contributed by atoms with Gasteiger partial charge in [0.05, 0.1) is 0 Å². The van der Waals surface area contributed by atoms with Gasteiger partial charge in [-0.05, 0) is 57.4 Å². The van der Waals surface area contributed by atoms with Crippen molar-refractivity contribution in [2.24, 2.45) is 17.8 Å². The molecule has 0 bridgehead atoms. The van der Waals surface area contributed by atoms with Gasteiger partial charge in [0.25, 0.3) is 5.91 Å². The van der Waals surface area contributed by atoms with Gasteiger partial charge in [-0.25, -0.2) is 0 Å². The third-order valence-electron chi connectivity index (χ3n) is 4.70. The molecule has 1 heterocycles. The smallest absolute Gasteiger partial charge is 0.272 e. The Balaban J connectivity index is 1.68. The summed E-state index contributed by atoms with van der Waals surface area (Å²) < 4.78 is 1.80. The predicted octanol–water partition coefficient (Wildman–Crippen LogP) is 1.99. The summed E-state index contributed by atoms with van der Waals surface area (Å²) >= 11 is 0. The highest BCUT2D eigenvalue weighted by Gasteiger charge is 2.43. The fourth-order valence-corrected chi connectivity index (χ4v) is 3.08. The Hall–Kier alpha value is -1.36. The van der Waals surface area contributed by atoms with Gasteiger partial charge in [0.15, 0.2) is 0 Å². The van der Waals surface area contributed by atoms with Crippen molar-refractivity contribution in [3.8, 4) is 0 Å². The molecule has 2 N–H and O–H groups in total. The minimum absolute atomic E-state index is 0.106. The van der Waals surface area contributed by atoms with Crippen molar-refractivity contribution < 1.29 is 9.90 Å². The Kier molecular flexibility index (Phi) is 4.02. The SMILES string of the molecule is CC(C)n1ccc(C(=O)NC(C2CC2)C(CO)C2CC2)n1. The molecule has 2 unspecified atom stereocenters. The number of rotatable bonds is 7. The van der Waals surface area contributed by atoms with Crippen LogP contribution in [0.3, 0.4) is 0 Å². The number of aliphatic hydroxyl groups excluding tert-OH is 1. The van der Waals surface area contributed by atoms with Crippen LogP contribution in [0, 0.1) is 17.8 Å². The highest BCUT2D eigenvalue weighted by atomic mass is 16.3. The van der Waals surface area contributed by atoms with Crippen LogP contribution in [0.5, 0.6) is 0 Å². The molecule has 0 saturated heterocycles. The first kappa shape index (κ1) is 14.6. The average Bonchev–Trinajstić information content (AvgIpc) is 3.37. The van der Waals surface area contributed by atoms with Crippen LogP contribution in [0.1, 0.15) is 56.1 Å². The second-order valence-electron chi connectivity index (χ2n) is 6.80. The van der Waals surface area contributed by atoms with Gasteiger partial charge < -0.3 is 10.4 Å². The van der Waals surface area contributed by atoms with E-state index in [1.165, 1.54) is 12.8 Å². The lowest BCUT2D eigenvalue weighted by Crippen LogP contribution is -2.44. The van der Waals surface area contributed by atoms with Gasteiger partial charge in [-0.15, -0.1) is 0 Å². The molecule has 5 heteroatoms. The van der Waals surface area contributed by atoms with E-state index in [-0.39, 0.29) is 30.5 Å². The van der Waals surface area contributed by atoms with Crippen LogP contribution in [-0.2, 0) is 0 Å². The highest BCUT2D eigenvalue weighted by molar-refractivity contribution is 5.92. The Labute approximate surface area is 125 Å². The van der Waals surface area contributed by atoms with Gasteiger partial charge in [0.2, 0.25) is 0 Å². The van der Waals surface area contributed by atoms with E-state index in [0.29, 0.717) is 17.5 Å². The maximum Gasteiger partial charge on any atom is 0.272 e. The monoisotopic (exact) mass is 291 g/mol. The Morgan fingerprint density at radius 3 is 2.52 bits per heavy atom. The van der Waals surface area contributed by atoms with E-state index in [2.05, 4.69) is 10.4 Å². The molecular formula is C16H25N3O2. The van der Waals surface area contributed by atoms with Gasteiger partial charge in [0, 0.05) is 30.8 Å². The number of hydrogen-bond donors (Lipinski definition) is 2. The standard InChI is InChI=1S/C16H25N3O2/c1-10(2)19-8-7-14(18-19)16(21)17-15(12-5-6-12)13(9-20)11-3-4-11/h7-8,10-13,15,20H,3-6,9H2,1-2H3,(H,17,21). The summed E-state index contributed by atoms with van der Waals surface area (Å²) in [7, 11) is 0. The number of nitrogens with one attached hydrogen (secondary N) is 1. The van der Waals surface area contributed by atoms with E-state index in [9.17, 15) is 9.90 Å². The van der Waals surface area contributed by atoms with Crippen molar-refractivity contribution in [3.05, 3.63) is 18.0 Å². The minimum Gasteiger partial charge on any atom is -0.396 e. The number of hydrogen-bond acceptors (Lipinski definition) is 3. The fourth-order valence-electron chi connectivity index (χ4n) is 3.08. The second kappa shape index (κ2) is 5.79. The summed E-state index contributed by atoms with van der Waals surface area (Å²) in [6.45, 7) is 4.25. The quantitative estimate of drug-likeness (QED) is 0.807. The summed E-state index contributed by atoms with van der Waals surface area (Å²) in [5, 5.41) is 17.1. The van der Waals surface area contributed by atoms with E-state index in [1.807, 2.05) is 20.0 Å². The predicted molar refractivity (Wildman–Crippen MR) is 79.9 cm³/mol. The number of carbonyl (C=O) groups excluding carboxylic acids is 1. The first-order valence-corrected chi connectivity index (χ1v) is 8.07. The number of aliphatic hydroxyl groups is 1. The van der Waals surface area contributed by atoms with Crippen LogP contribution in [0.15, 0.2) is 12.3 Å². The van der Waals surface area contributed by atoms with Gasteiger partial charge in [-0.2, -0.15) is 5.10 Å². The van der Waals surface area contributed by atoms with E-state index < -0.39 is 0 Å². The molecule has 0 aliphatic heterocycles. The lowest BCUT2D eigenvalue weighted by Gasteiger charge is -2.26. The minimum atomic E-state index is -0.106. The van der Waals surface area contributed by atoms with Gasteiger partial charge in [0.1, 0.15) is 5.69 Å². The second-order valence-corrected chi connectivity index (χ2v) is 6.80. The molecule has 2 aliphatic rings. The van der Waals surface area contributed by atoms with E-state index in [4.69, 9.17) is 0 Å². The zero-order valence-electron chi connectivity index (χ0n) is 12.8. The van der Waals surface area contributed by atoms with E-state index in [0.717, 1.165) is 12.8 Å². The Morgan fingerprint density at radius 2 is 2.05 bits per heavy atom. The molecule has 2 aliphatic carbocycles. The molecule has 1 amide bonds. The van der Waals surface area contributed by atoms with Gasteiger partial charge >= 0.3 is 0 Å². The first-order valence-electron chi connectivity index (χ1n) is 8.07. The first-order chi connectivity index (χ1) is 10.1. The lowest BCUT2D eigenvalue weighted by molar-refractivity contribution is 0.0873. The largest absolute Gasteiger partial charge is 0.396 e. The number of aromatic nitrogens is 2. The summed E-state index contributed by atoms with van der Waals surface area (Å²) in [5.74, 6) is 1.24. The molecule has 2 fully saturated rings. The van der Waals surface area contributed by atoms with Crippen molar-refractivity contribution in [2.75, 3.05) is 6.61 Å². The van der Waals surface area contributed by atoms with Crippen LogP contribution >= 0.6 is 0 Å². The average molecular weight is 291 g/mol. The van der Waals surface area contributed by atoms with Crippen LogP contribution in [0.4, 0.5) is 0 Å². The van der Waals surface area contributed by atoms with Crippen molar-refractivity contribution in [1.82, 2.24) is 15.1 Å². The molecule has 116 valence electrons. The molecule has 5 nitrogen and oxygen atoms in total. The van der Waals surface area contributed by atoms with Crippen molar-refractivity contribution in [1.29, 1.82) is 0 Å². The van der Waals surface area contributed by atoms with E-state index >= 15 is 0 Å². The number of carbonyl (C=O) groups is 1. The maximum atomic E-state index is 12.4. The van der Waals surface area contributed by atoms with Crippen LogP contribution in [0.2, 0.25) is 0 Å². The molecule has 3 rings (SSSR count). The molecule has 21 heavy (non-hydrogen) atoms. The summed E-state index contributed by atoms with van der Waals surface area (Å²) in [6, 6.07) is 2.13. The zero-order valence-corrected chi connectivity index (χ0v) is 12.8. The van der Waals surface area contributed by atoms with Gasteiger partial charge in [-0.1, -0.05) is 0 Å². The Bertz CT molecular complexity index is 503. The van der Waals surface area contributed by atoms with Crippen LogP contribution in [-0.4, -0.2) is 33.4 Å². The van der Waals surface area contributed by atoms with Gasteiger partial charge in [-0.3, -0.25) is 9.48 Å². The molecule has 1 aromatic heterocycles. The molecule has 2 atom stereocenters.